The first kappa shape index (κ1) is 26.4. The second-order valence-corrected chi connectivity index (χ2v) is 10.2. The van der Waals surface area contributed by atoms with Crippen molar-refractivity contribution in [2.75, 3.05) is 23.7 Å². The van der Waals surface area contributed by atoms with Crippen molar-refractivity contribution in [3.63, 3.8) is 0 Å². The molecule has 33 heavy (non-hydrogen) atoms. The van der Waals surface area contributed by atoms with Gasteiger partial charge in [-0.15, -0.1) is 0 Å². The minimum Gasteiger partial charge on any atom is -0.354 e. The van der Waals surface area contributed by atoms with Gasteiger partial charge in [0.2, 0.25) is 21.8 Å². The van der Waals surface area contributed by atoms with E-state index in [4.69, 9.17) is 0 Å². The van der Waals surface area contributed by atoms with E-state index in [1.54, 1.807) is 6.07 Å². The van der Waals surface area contributed by atoms with Crippen molar-refractivity contribution in [3.05, 3.63) is 65.2 Å². The van der Waals surface area contributed by atoms with Crippen molar-refractivity contribution in [3.8, 4) is 0 Å². The molecular weight excluding hydrogens is 438 g/mol. The van der Waals surface area contributed by atoms with E-state index in [2.05, 4.69) is 5.32 Å². The molecule has 2 aromatic rings. The van der Waals surface area contributed by atoms with Crippen molar-refractivity contribution >= 4 is 27.5 Å². The molecule has 0 heterocycles. The normalized spacial score (nSPS) is 12.2. The summed E-state index contributed by atoms with van der Waals surface area (Å²) in [6.07, 6.45) is 2.29. The van der Waals surface area contributed by atoms with Gasteiger partial charge in [-0.25, -0.2) is 8.42 Å². The van der Waals surface area contributed by atoms with Crippen LogP contribution in [0.1, 0.15) is 43.4 Å². The lowest BCUT2D eigenvalue weighted by Gasteiger charge is -2.33. The lowest BCUT2D eigenvalue weighted by Crippen LogP contribution is -2.52. The number of hydrogen-bond acceptors (Lipinski definition) is 4. The predicted octanol–water partition coefficient (Wildman–Crippen LogP) is 3.40. The van der Waals surface area contributed by atoms with Crippen LogP contribution in [0.25, 0.3) is 0 Å². The molecule has 0 aliphatic heterocycles. The zero-order valence-corrected chi connectivity index (χ0v) is 21.0. The van der Waals surface area contributed by atoms with Crippen LogP contribution in [0.15, 0.2) is 48.5 Å². The fourth-order valence-corrected chi connectivity index (χ4v) is 4.55. The number of amides is 2. The van der Waals surface area contributed by atoms with Crippen LogP contribution in [-0.2, 0) is 26.2 Å². The van der Waals surface area contributed by atoms with E-state index in [0.717, 1.165) is 33.7 Å². The number of hydrogen-bond donors (Lipinski definition) is 1. The highest BCUT2D eigenvalue weighted by atomic mass is 32.2. The van der Waals surface area contributed by atoms with Gasteiger partial charge in [-0.1, -0.05) is 56.3 Å². The summed E-state index contributed by atoms with van der Waals surface area (Å²) in [5.41, 5.74) is 2.98. The SMILES string of the molecule is CCCNC(=O)C(CC)N(Cc1ccccc1)C(=O)CN(c1cc(C)ccc1C)S(C)(=O)=O. The molecule has 180 valence electrons. The molecule has 0 radical (unpaired) electrons. The van der Waals surface area contributed by atoms with Crippen LogP contribution in [0.5, 0.6) is 0 Å². The molecule has 1 atom stereocenters. The summed E-state index contributed by atoms with van der Waals surface area (Å²) in [6, 6.07) is 14.2. The van der Waals surface area contributed by atoms with Gasteiger partial charge in [0.15, 0.2) is 0 Å². The van der Waals surface area contributed by atoms with Crippen molar-refractivity contribution in [2.24, 2.45) is 0 Å². The Balaban J connectivity index is 2.44. The van der Waals surface area contributed by atoms with Crippen LogP contribution in [0.2, 0.25) is 0 Å². The average molecular weight is 474 g/mol. The van der Waals surface area contributed by atoms with Gasteiger partial charge >= 0.3 is 0 Å². The Morgan fingerprint density at radius 3 is 2.27 bits per heavy atom. The predicted molar refractivity (Wildman–Crippen MR) is 132 cm³/mol. The number of anilines is 1. The standard InChI is InChI=1S/C25H35N3O4S/c1-6-15-26-25(30)22(7-2)27(17-21-11-9-8-10-12-21)24(29)18-28(33(5,31)32)23-16-19(3)13-14-20(23)4/h8-14,16,22H,6-7,15,17-18H2,1-5H3,(H,26,30). The Morgan fingerprint density at radius 1 is 1.03 bits per heavy atom. The Labute approximate surface area is 197 Å². The molecule has 0 aliphatic carbocycles. The molecule has 8 heteroatoms. The van der Waals surface area contributed by atoms with Gasteiger partial charge in [0.1, 0.15) is 12.6 Å². The fourth-order valence-electron chi connectivity index (χ4n) is 3.65. The van der Waals surface area contributed by atoms with E-state index in [0.29, 0.717) is 18.7 Å². The highest BCUT2D eigenvalue weighted by molar-refractivity contribution is 7.92. The summed E-state index contributed by atoms with van der Waals surface area (Å²) in [5.74, 6) is -0.662. The van der Waals surface area contributed by atoms with Crippen LogP contribution in [-0.4, -0.2) is 50.5 Å². The summed E-state index contributed by atoms with van der Waals surface area (Å²) in [5, 5.41) is 2.87. The minimum atomic E-state index is -3.74. The summed E-state index contributed by atoms with van der Waals surface area (Å²) >= 11 is 0. The van der Waals surface area contributed by atoms with Gasteiger partial charge in [0.25, 0.3) is 0 Å². The molecule has 0 spiro atoms. The maximum atomic E-state index is 13.6. The Morgan fingerprint density at radius 2 is 1.70 bits per heavy atom. The Bertz CT molecular complexity index is 1050. The van der Waals surface area contributed by atoms with E-state index in [1.165, 1.54) is 4.90 Å². The highest BCUT2D eigenvalue weighted by Gasteiger charge is 2.32. The number of rotatable bonds is 11. The van der Waals surface area contributed by atoms with Gasteiger partial charge < -0.3 is 10.2 Å². The second kappa shape index (κ2) is 11.8. The maximum absolute atomic E-state index is 13.6. The lowest BCUT2D eigenvalue weighted by atomic mass is 10.1. The van der Waals surface area contributed by atoms with Crippen LogP contribution >= 0.6 is 0 Å². The zero-order valence-electron chi connectivity index (χ0n) is 20.2. The van der Waals surface area contributed by atoms with Gasteiger partial charge in [-0.2, -0.15) is 0 Å². The fraction of sp³-hybridized carbons (Fsp3) is 0.440. The number of carbonyl (C=O) groups is 2. The van der Waals surface area contributed by atoms with E-state index in [9.17, 15) is 18.0 Å². The Kier molecular flexibility index (Phi) is 9.46. The van der Waals surface area contributed by atoms with Crippen molar-refractivity contribution in [1.29, 1.82) is 0 Å². The molecule has 1 N–H and O–H groups in total. The third-order valence-corrected chi connectivity index (χ3v) is 6.57. The van der Waals surface area contributed by atoms with Gasteiger partial charge in [0.05, 0.1) is 11.9 Å². The molecule has 0 aromatic heterocycles. The van der Waals surface area contributed by atoms with Crippen LogP contribution in [0.4, 0.5) is 5.69 Å². The molecular formula is C25H35N3O4S. The maximum Gasteiger partial charge on any atom is 0.244 e. The summed E-state index contributed by atoms with van der Waals surface area (Å²) in [4.78, 5) is 28.0. The molecule has 1 unspecified atom stereocenters. The number of benzene rings is 2. The number of carbonyl (C=O) groups excluding carboxylic acids is 2. The quantitative estimate of drug-likeness (QED) is 0.542. The van der Waals surface area contributed by atoms with Gasteiger partial charge in [0, 0.05) is 13.1 Å². The van der Waals surface area contributed by atoms with E-state index < -0.39 is 22.0 Å². The van der Waals surface area contributed by atoms with Crippen LogP contribution < -0.4 is 9.62 Å². The molecule has 0 saturated heterocycles. The molecule has 0 fully saturated rings. The monoisotopic (exact) mass is 473 g/mol. The first-order valence-corrected chi connectivity index (χ1v) is 13.1. The molecule has 2 aromatic carbocycles. The third kappa shape index (κ3) is 7.32. The first-order chi connectivity index (χ1) is 15.6. The highest BCUT2D eigenvalue weighted by Crippen LogP contribution is 2.24. The minimum absolute atomic E-state index is 0.210. The number of aryl methyl sites for hydroxylation is 2. The Hall–Kier alpha value is -2.87. The summed E-state index contributed by atoms with van der Waals surface area (Å²) in [6.45, 7) is 7.84. The molecule has 0 saturated carbocycles. The summed E-state index contributed by atoms with van der Waals surface area (Å²) < 4.78 is 26.5. The number of sulfonamides is 1. The first-order valence-electron chi connectivity index (χ1n) is 11.2. The van der Waals surface area contributed by atoms with Crippen molar-refractivity contribution < 1.29 is 18.0 Å². The summed E-state index contributed by atoms with van der Waals surface area (Å²) in [7, 11) is -3.74. The van der Waals surface area contributed by atoms with Crippen LogP contribution in [0.3, 0.4) is 0 Å². The van der Waals surface area contributed by atoms with E-state index in [1.807, 2.05) is 70.2 Å². The average Bonchev–Trinajstić information content (AvgIpc) is 2.77. The largest absolute Gasteiger partial charge is 0.354 e. The molecule has 0 aliphatic rings. The second-order valence-electron chi connectivity index (χ2n) is 8.28. The lowest BCUT2D eigenvalue weighted by molar-refractivity contribution is -0.140. The smallest absolute Gasteiger partial charge is 0.244 e. The topological polar surface area (TPSA) is 86.8 Å². The molecule has 2 amide bonds. The number of nitrogens with zero attached hydrogens (tertiary/aromatic N) is 2. The number of nitrogens with one attached hydrogen (secondary N) is 1. The molecule has 7 nitrogen and oxygen atoms in total. The van der Waals surface area contributed by atoms with E-state index >= 15 is 0 Å². The van der Waals surface area contributed by atoms with Gasteiger partial charge in [-0.05, 0) is 49.4 Å². The third-order valence-electron chi connectivity index (χ3n) is 5.44. The zero-order chi connectivity index (χ0) is 24.6. The van der Waals surface area contributed by atoms with Gasteiger partial charge in [-0.3, -0.25) is 13.9 Å². The molecule has 2 rings (SSSR count). The van der Waals surface area contributed by atoms with Crippen LogP contribution in [0, 0.1) is 13.8 Å². The van der Waals surface area contributed by atoms with E-state index in [-0.39, 0.29) is 19.0 Å². The van der Waals surface area contributed by atoms with Crippen molar-refractivity contribution in [2.45, 2.75) is 53.1 Å². The molecule has 0 bridgehead atoms. The van der Waals surface area contributed by atoms with Crippen molar-refractivity contribution in [1.82, 2.24) is 10.2 Å².